The van der Waals surface area contributed by atoms with Crippen LogP contribution in [0.25, 0.3) is 0 Å². The van der Waals surface area contributed by atoms with Gasteiger partial charge in [-0.25, -0.2) is 0 Å². The van der Waals surface area contributed by atoms with Gasteiger partial charge in [0, 0.05) is 26.5 Å². The fourth-order valence-electron chi connectivity index (χ4n) is 2.32. The Morgan fingerprint density at radius 2 is 2.29 bits per heavy atom. The van der Waals surface area contributed by atoms with E-state index >= 15 is 0 Å². The van der Waals surface area contributed by atoms with Gasteiger partial charge in [-0.05, 0) is 31.2 Å². The minimum Gasteiger partial charge on any atom is -0.481 e. The van der Waals surface area contributed by atoms with Crippen molar-refractivity contribution in [2.24, 2.45) is 12.5 Å². The van der Waals surface area contributed by atoms with Crippen LogP contribution in [0, 0.1) is 5.41 Å². The van der Waals surface area contributed by atoms with E-state index in [9.17, 15) is 9.90 Å². The summed E-state index contributed by atoms with van der Waals surface area (Å²) in [6, 6.07) is 0. The molecule has 2 heterocycles. The minimum atomic E-state index is -0.690. The Morgan fingerprint density at radius 3 is 2.82 bits per heavy atom. The van der Waals surface area contributed by atoms with Crippen LogP contribution in [0.2, 0.25) is 0 Å². The number of carbonyl (C=O) groups is 1. The second-order valence-electron chi connectivity index (χ2n) is 4.72. The molecule has 0 amide bonds. The van der Waals surface area contributed by atoms with Crippen molar-refractivity contribution < 1.29 is 14.6 Å². The minimum absolute atomic E-state index is 0.555. The molecule has 1 N–H and O–H groups in total. The molecule has 2 rings (SSSR count). The summed E-state index contributed by atoms with van der Waals surface area (Å²) in [5, 5.41) is 13.5. The monoisotopic (exact) mass is 238 g/mol. The Kier molecular flexibility index (Phi) is 3.47. The third kappa shape index (κ3) is 2.66. The van der Waals surface area contributed by atoms with Gasteiger partial charge in [-0.2, -0.15) is 5.10 Å². The Labute approximate surface area is 100 Å². The zero-order valence-corrected chi connectivity index (χ0v) is 10.1. The first-order chi connectivity index (χ1) is 8.12. The summed E-state index contributed by atoms with van der Waals surface area (Å²) >= 11 is 0. The lowest BCUT2D eigenvalue weighted by Gasteiger charge is -2.32. The number of nitrogens with zero attached hydrogens (tertiary/aromatic N) is 2. The summed E-state index contributed by atoms with van der Waals surface area (Å²) in [6.07, 6.45) is 6.40. The number of aryl methyl sites for hydroxylation is 2. The van der Waals surface area contributed by atoms with Crippen LogP contribution < -0.4 is 0 Å². The van der Waals surface area contributed by atoms with E-state index in [-0.39, 0.29) is 0 Å². The summed E-state index contributed by atoms with van der Waals surface area (Å²) in [7, 11) is 1.87. The SMILES string of the molecule is Cn1cc(CCC2(C(=O)O)CCOCC2)cn1. The molecule has 5 nitrogen and oxygen atoms in total. The molecular formula is C12H18N2O3. The molecule has 0 aliphatic carbocycles. The van der Waals surface area contributed by atoms with Crippen molar-refractivity contribution in [1.82, 2.24) is 9.78 Å². The zero-order chi connectivity index (χ0) is 12.3. The Bertz CT molecular complexity index is 394. The second kappa shape index (κ2) is 4.87. The first-order valence-electron chi connectivity index (χ1n) is 5.91. The Balaban J connectivity index is 2.00. The highest BCUT2D eigenvalue weighted by molar-refractivity contribution is 5.74. The van der Waals surface area contributed by atoms with E-state index < -0.39 is 11.4 Å². The smallest absolute Gasteiger partial charge is 0.309 e. The van der Waals surface area contributed by atoms with E-state index in [1.165, 1.54) is 0 Å². The number of ether oxygens (including phenoxy) is 1. The highest BCUT2D eigenvalue weighted by Crippen LogP contribution is 2.35. The summed E-state index contributed by atoms with van der Waals surface area (Å²) in [5.74, 6) is -0.690. The van der Waals surface area contributed by atoms with E-state index in [0.29, 0.717) is 32.5 Å². The van der Waals surface area contributed by atoms with Gasteiger partial charge in [0.1, 0.15) is 0 Å². The molecule has 94 valence electrons. The van der Waals surface area contributed by atoms with Crippen LogP contribution >= 0.6 is 0 Å². The van der Waals surface area contributed by atoms with E-state index in [1.54, 1.807) is 10.9 Å². The van der Waals surface area contributed by atoms with Gasteiger partial charge in [-0.1, -0.05) is 0 Å². The second-order valence-corrected chi connectivity index (χ2v) is 4.72. The van der Waals surface area contributed by atoms with Gasteiger partial charge in [0.2, 0.25) is 0 Å². The number of hydrogen-bond donors (Lipinski definition) is 1. The molecule has 0 atom stereocenters. The lowest BCUT2D eigenvalue weighted by atomic mass is 9.76. The number of aromatic nitrogens is 2. The molecule has 0 aromatic carbocycles. The molecule has 1 aromatic rings. The van der Waals surface area contributed by atoms with E-state index in [1.807, 2.05) is 13.2 Å². The lowest BCUT2D eigenvalue weighted by molar-refractivity contribution is -0.155. The molecule has 1 fully saturated rings. The molecule has 1 saturated heterocycles. The number of hydrogen-bond acceptors (Lipinski definition) is 3. The van der Waals surface area contributed by atoms with Crippen LogP contribution in [0.5, 0.6) is 0 Å². The fraction of sp³-hybridized carbons (Fsp3) is 0.667. The highest BCUT2D eigenvalue weighted by atomic mass is 16.5. The van der Waals surface area contributed by atoms with Crippen LogP contribution in [0.15, 0.2) is 12.4 Å². The van der Waals surface area contributed by atoms with Gasteiger partial charge < -0.3 is 9.84 Å². The lowest BCUT2D eigenvalue weighted by Crippen LogP contribution is -2.37. The first kappa shape index (κ1) is 12.1. The summed E-state index contributed by atoms with van der Waals surface area (Å²) in [4.78, 5) is 11.4. The number of rotatable bonds is 4. The van der Waals surface area contributed by atoms with Crippen LogP contribution in [-0.2, 0) is 23.0 Å². The van der Waals surface area contributed by atoms with Crippen molar-refractivity contribution in [3.63, 3.8) is 0 Å². The zero-order valence-electron chi connectivity index (χ0n) is 10.1. The van der Waals surface area contributed by atoms with E-state index in [0.717, 1.165) is 12.0 Å². The predicted molar refractivity (Wildman–Crippen MR) is 61.7 cm³/mol. The highest BCUT2D eigenvalue weighted by Gasteiger charge is 2.39. The van der Waals surface area contributed by atoms with E-state index in [4.69, 9.17) is 4.74 Å². The maximum Gasteiger partial charge on any atom is 0.309 e. The van der Waals surface area contributed by atoms with Crippen LogP contribution in [0.1, 0.15) is 24.8 Å². The fourth-order valence-corrected chi connectivity index (χ4v) is 2.32. The normalized spacial score (nSPS) is 19.1. The summed E-state index contributed by atoms with van der Waals surface area (Å²) in [5.41, 5.74) is 0.494. The van der Waals surface area contributed by atoms with Gasteiger partial charge >= 0.3 is 5.97 Å². The average molecular weight is 238 g/mol. The number of aliphatic carboxylic acids is 1. The standard InChI is InChI=1S/C12H18N2O3/c1-14-9-10(8-13-14)2-3-12(11(15)16)4-6-17-7-5-12/h8-9H,2-7H2,1H3,(H,15,16). The average Bonchev–Trinajstić information content (AvgIpc) is 2.74. The molecule has 0 saturated carbocycles. The quantitative estimate of drug-likeness (QED) is 0.857. The number of carboxylic acids is 1. The van der Waals surface area contributed by atoms with Gasteiger partial charge in [-0.3, -0.25) is 9.48 Å². The molecule has 0 unspecified atom stereocenters. The van der Waals surface area contributed by atoms with Crippen LogP contribution in [-0.4, -0.2) is 34.1 Å². The van der Waals surface area contributed by atoms with Crippen molar-refractivity contribution in [3.05, 3.63) is 18.0 Å². The van der Waals surface area contributed by atoms with Crippen LogP contribution in [0.4, 0.5) is 0 Å². The number of carboxylic acid groups (broad SMARTS) is 1. The largest absolute Gasteiger partial charge is 0.481 e. The maximum absolute atomic E-state index is 11.4. The summed E-state index contributed by atoms with van der Waals surface area (Å²) in [6.45, 7) is 1.11. The van der Waals surface area contributed by atoms with Gasteiger partial charge in [0.25, 0.3) is 0 Å². The van der Waals surface area contributed by atoms with Crippen molar-refractivity contribution in [2.45, 2.75) is 25.7 Å². The maximum atomic E-state index is 11.4. The van der Waals surface area contributed by atoms with Crippen molar-refractivity contribution >= 4 is 5.97 Å². The third-order valence-electron chi connectivity index (χ3n) is 3.55. The molecule has 5 heteroatoms. The van der Waals surface area contributed by atoms with Crippen molar-refractivity contribution in [2.75, 3.05) is 13.2 Å². The molecule has 0 spiro atoms. The van der Waals surface area contributed by atoms with Gasteiger partial charge in [-0.15, -0.1) is 0 Å². The topological polar surface area (TPSA) is 64.4 Å². The molecule has 0 radical (unpaired) electrons. The van der Waals surface area contributed by atoms with E-state index in [2.05, 4.69) is 5.10 Å². The summed E-state index contributed by atoms with van der Waals surface area (Å²) < 4.78 is 6.99. The van der Waals surface area contributed by atoms with Crippen molar-refractivity contribution in [3.8, 4) is 0 Å². The van der Waals surface area contributed by atoms with Crippen LogP contribution in [0.3, 0.4) is 0 Å². The molecular weight excluding hydrogens is 220 g/mol. The Hall–Kier alpha value is -1.36. The molecule has 17 heavy (non-hydrogen) atoms. The van der Waals surface area contributed by atoms with Gasteiger partial charge in [0.05, 0.1) is 11.6 Å². The molecule has 1 aromatic heterocycles. The molecule has 1 aliphatic heterocycles. The Morgan fingerprint density at radius 1 is 1.59 bits per heavy atom. The first-order valence-corrected chi connectivity index (χ1v) is 5.91. The molecule has 0 bridgehead atoms. The van der Waals surface area contributed by atoms with Gasteiger partial charge in [0.15, 0.2) is 0 Å². The third-order valence-corrected chi connectivity index (χ3v) is 3.55. The van der Waals surface area contributed by atoms with Crippen molar-refractivity contribution in [1.29, 1.82) is 0 Å². The predicted octanol–water partition coefficient (Wildman–Crippen LogP) is 1.23. The molecule has 1 aliphatic rings.